The summed E-state index contributed by atoms with van der Waals surface area (Å²) in [5.74, 6) is 0.521. The highest BCUT2D eigenvalue weighted by Gasteiger charge is 2.16. The van der Waals surface area contributed by atoms with Gasteiger partial charge < -0.3 is 16.4 Å². The smallest absolute Gasteiger partial charge is 0.311 e. The van der Waals surface area contributed by atoms with Crippen molar-refractivity contribution in [2.24, 2.45) is 0 Å². The van der Waals surface area contributed by atoms with E-state index in [0.717, 1.165) is 0 Å². The summed E-state index contributed by atoms with van der Waals surface area (Å²) in [5, 5.41) is 17.8. The molecule has 13 heteroatoms. The van der Waals surface area contributed by atoms with E-state index in [1.807, 2.05) is 0 Å². The van der Waals surface area contributed by atoms with Crippen LogP contribution in [0.5, 0.6) is 0 Å². The van der Waals surface area contributed by atoms with Gasteiger partial charge in [0.1, 0.15) is 11.5 Å². The molecular weight excluding hydrogens is 495 g/mol. The molecule has 0 fully saturated rings. The van der Waals surface area contributed by atoms with Gasteiger partial charge in [0.25, 0.3) is 5.56 Å². The van der Waals surface area contributed by atoms with Gasteiger partial charge in [0.05, 0.1) is 21.8 Å². The Morgan fingerprint density at radius 2 is 1.86 bits per heavy atom. The minimum Gasteiger partial charge on any atom is -0.378 e. The molecule has 0 aliphatic heterocycles. The predicted molar refractivity (Wildman–Crippen MR) is 135 cm³/mol. The van der Waals surface area contributed by atoms with Gasteiger partial charge in [0.15, 0.2) is 0 Å². The highest BCUT2D eigenvalue weighted by atomic mass is 35.5. The molecule has 0 spiro atoms. The first-order chi connectivity index (χ1) is 16.8. The topological polar surface area (TPSA) is 154 Å². The van der Waals surface area contributed by atoms with Crippen molar-refractivity contribution < 1.29 is 4.92 Å². The van der Waals surface area contributed by atoms with Crippen LogP contribution in [-0.4, -0.2) is 37.5 Å². The highest BCUT2D eigenvalue weighted by Crippen LogP contribution is 2.32. The normalized spacial score (nSPS) is 10.7. The fourth-order valence-electron chi connectivity index (χ4n) is 3.23. The number of pyridine rings is 2. The Balaban J connectivity index is 1.55. The van der Waals surface area contributed by atoms with Gasteiger partial charge in [0, 0.05) is 42.0 Å². The number of nitrogens with one attached hydrogen (secondary N) is 2. The van der Waals surface area contributed by atoms with Gasteiger partial charge in [0.2, 0.25) is 11.8 Å². The van der Waals surface area contributed by atoms with Crippen LogP contribution < -0.4 is 21.9 Å². The van der Waals surface area contributed by atoms with Crippen molar-refractivity contribution in [3.8, 4) is 16.9 Å². The number of benzene rings is 1. The van der Waals surface area contributed by atoms with Crippen LogP contribution in [0.25, 0.3) is 16.9 Å². The van der Waals surface area contributed by atoms with Crippen LogP contribution in [0.15, 0.2) is 65.7 Å². The van der Waals surface area contributed by atoms with Crippen molar-refractivity contribution >= 4 is 46.5 Å². The van der Waals surface area contributed by atoms with E-state index in [-0.39, 0.29) is 17.1 Å². The Labute approximate surface area is 208 Å². The maximum atomic E-state index is 12.4. The molecule has 0 aliphatic carbocycles. The van der Waals surface area contributed by atoms with Crippen LogP contribution in [0.3, 0.4) is 0 Å². The number of nitrogens with two attached hydrogens (primary N) is 1. The first-order valence-corrected chi connectivity index (χ1v) is 11.0. The van der Waals surface area contributed by atoms with Gasteiger partial charge in [-0.1, -0.05) is 29.3 Å². The number of nitrogens with zero attached hydrogens (tertiary/aromatic N) is 5. The standard InChI is InChI=1S/C22H18Cl2N8O3/c23-13-4-5-14(15(24)11-13)20-17(31-10-2-1-3-19(31)33)12-28-22(30-20)27-9-8-26-18-7-6-16(32(34)35)21(25)29-18/h1-7,10-12H,8-9H2,(H3,25,26,29)(H,27,28,30). The number of nitro groups is 1. The van der Waals surface area contributed by atoms with Crippen molar-refractivity contribution in [1.82, 2.24) is 19.5 Å². The molecule has 4 N–H and O–H groups in total. The van der Waals surface area contributed by atoms with E-state index in [9.17, 15) is 14.9 Å². The fraction of sp³-hybridized carbons (Fsp3) is 0.0909. The van der Waals surface area contributed by atoms with Crippen LogP contribution in [0.1, 0.15) is 0 Å². The quantitative estimate of drug-likeness (QED) is 0.180. The van der Waals surface area contributed by atoms with Crippen molar-refractivity contribution in [3.05, 3.63) is 91.4 Å². The van der Waals surface area contributed by atoms with Gasteiger partial charge in [-0.15, -0.1) is 0 Å². The summed E-state index contributed by atoms with van der Waals surface area (Å²) >= 11 is 12.5. The number of nitrogen functional groups attached to an aromatic ring is 1. The van der Waals surface area contributed by atoms with E-state index in [2.05, 4.69) is 25.6 Å². The number of hydrogen-bond donors (Lipinski definition) is 3. The van der Waals surface area contributed by atoms with Gasteiger partial charge in [-0.2, -0.15) is 0 Å². The Kier molecular flexibility index (Phi) is 7.09. The third-order valence-corrected chi connectivity index (χ3v) is 5.40. The summed E-state index contributed by atoms with van der Waals surface area (Å²) in [6, 6.07) is 12.6. The predicted octanol–water partition coefficient (Wildman–Crippen LogP) is 4.01. The van der Waals surface area contributed by atoms with Gasteiger partial charge in [-0.25, -0.2) is 15.0 Å². The average Bonchev–Trinajstić information content (AvgIpc) is 2.82. The molecule has 3 aromatic heterocycles. The first kappa shape index (κ1) is 23.9. The van der Waals surface area contributed by atoms with Gasteiger partial charge >= 0.3 is 5.69 Å². The van der Waals surface area contributed by atoms with Crippen LogP contribution >= 0.6 is 23.2 Å². The summed E-state index contributed by atoms with van der Waals surface area (Å²) in [6.45, 7) is 0.779. The Hall–Kier alpha value is -4.22. The minimum atomic E-state index is -0.595. The molecule has 3 heterocycles. The van der Waals surface area contributed by atoms with E-state index < -0.39 is 4.92 Å². The van der Waals surface area contributed by atoms with Crippen molar-refractivity contribution in [3.63, 3.8) is 0 Å². The second-order valence-corrected chi connectivity index (χ2v) is 8.02. The second kappa shape index (κ2) is 10.4. The summed E-state index contributed by atoms with van der Waals surface area (Å²) in [4.78, 5) is 35.6. The zero-order chi connectivity index (χ0) is 24.9. The van der Waals surface area contributed by atoms with Crippen molar-refractivity contribution in [1.29, 1.82) is 0 Å². The summed E-state index contributed by atoms with van der Waals surface area (Å²) < 4.78 is 1.43. The number of halogens is 2. The number of anilines is 3. The van der Waals surface area contributed by atoms with E-state index in [1.54, 1.807) is 36.5 Å². The molecule has 0 aliphatic rings. The molecule has 4 aromatic rings. The summed E-state index contributed by atoms with van der Waals surface area (Å²) in [5.41, 5.74) is 6.58. The third kappa shape index (κ3) is 5.48. The fourth-order valence-corrected chi connectivity index (χ4v) is 3.73. The van der Waals surface area contributed by atoms with Crippen molar-refractivity contribution in [2.45, 2.75) is 0 Å². The van der Waals surface area contributed by atoms with Crippen LogP contribution in [0, 0.1) is 10.1 Å². The molecule has 0 bridgehead atoms. The number of hydrogen-bond acceptors (Lipinski definition) is 9. The molecule has 0 amide bonds. The molecule has 1 aromatic carbocycles. The first-order valence-electron chi connectivity index (χ1n) is 10.2. The summed E-state index contributed by atoms with van der Waals surface area (Å²) in [7, 11) is 0. The maximum absolute atomic E-state index is 12.4. The van der Waals surface area contributed by atoms with Crippen LogP contribution in [0.4, 0.5) is 23.3 Å². The Morgan fingerprint density at radius 3 is 2.57 bits per heavy atom. The molecular formula is C22H18Cl2N8O3. The zero-order valence-electron chi connectivity index (χ0n) is 18.0. The lowest BCUT2D eigenvalue weighted by Gasteiger charge is -2.14. The lowest BCUT2D eigenvalue weighted by atomic mass is 10.1. The molecule has 0 unspecified atom stereocenters. The lowest BCUT2D eigenvalue weighted by molar-refractivity contribution is -0.384. The molecule has 0 atom stereocenters. The monoisotopic (exact) mass is 512 g/mol. The molecule has 11 nitrogen and oxygen atoms in total. The largest absolute Gasteiger partial charge is 0.378 e. The van der Waals surface area contributed by atoms with Crippen LogP contribution in [-0.2, 0) is 0 Å². The molecule has 4 rings (SSSR count). The van der Waals surface area contributed by atoms with E-state index in [4.69, 9.17) is 28.9 Å². The Bertz CT molecular complexity index is 1460. The molecule has 0 saturated carbocycles. The zero-order valence-corrected chi connectivity index (χ0v) is 19.5. The van der Waals surface area contributed by atoms with Gasteiger partial charge in [-0.3, -0.25) is 19.5 Å². The molecule has 0 saturated heterocycles. The third-order valence-electron chi connectivity index (χ3n) is 4.85. The average molecular weight is 513 g/mol. The molecule has 0 radical (unpaired) electrons. The SMILES string of the molecule is Nc1nc(NCCNc2ncc(-n3ccccc3=O)c(-c3ccc(Cl)cc3Cl)n2)ccc1[N+](=O)[O-]. The number of aromatic nitrogens is 4. The minimum absolute atomic E-state index is 0.174. The molecule has 178 valence electrons. The highest BCUT2D eigenvalue weighted by molar-refractivity contribution is 6.36. The maximum Gasteiger partial charge on any atom is 0.311 e. The van der Waals surface area contributed by atoms with Crippen molar-refractivity contribution in [2.75, 3.05) is 29.5 Å². The van der Waals surface area contributed by atoms with Gasteiger partial charge in [-0.05, 0) is 30.3 Å². The van der Waals surface area contributed by atoms with Crippen LogP contribution in [0.2, 0.25) is 10.0 Å². The number of rotatable bonds is 8. The lowest BCUT2D eigenvalue weighted by Crippen LogP contribution is -2.19. The molecule has 35 heavy (non-hydrogen) atoms. The van der Waals surface area contributed by atoms with E-state index >= 15 is 0 Å². The Morgan fingerprint density at radius 1 is 1.06 bits per heavy atom. The summed E-state index contributed by atoms with van der Waals surface area (Å²) in [6.07, 6.45) is 3.15. The second-order valence-electron chi connectivity index (χ2n) is 7.17. The van der Waals surface area contributed by atoms with E-state index in [1.165, 1.54) is 29.0 Å². The van der Waals surface area contributed by atoms with E-state index in [0.29, 0.717) is 51.8 Å².